The van der Waals surface area contributed by atoms with E-state index in [4.69, 9.17) is 4.74 Å². The van der Waals surface area contributed by atoms with Gasteiger partial charge in [-0.25, -0.2) is 17.5 Å². The lowest BCUT2D eigenvalue weighted by Gasteiger charge is -2.15. The smallest absolute Gasteiger partial charge is 0.241 e. The molecule has 3 aromatic carbocycles. The molecule has 3 aromatic rings. The number of sulfonamides is 1. The average molecular weight is 359 g/mol. The summed E-state index contributed by atoms with van der Waals surface area (Å²) in [6, 6.07) is 15.6. The van der Waals surface area contributed by atoms with Crippen molar-refractivity contribution in [2.24, 2.45) is 0 Å². The third-order valence-corrected chi connectivity index (χ3v) is 5.57. The summed E-state index contributed by atoms with van der Waals surface area (Å²) in [6.45, 7) is 1.72. The number of benzene rings is 3. The van der Waals surface area contributed by atoms with Crippen molar-refractivity contribution in [3.05, 3.63) is 72.0 Å². The van der Waals surface area contributed by atoms with Crippen molar-refractivity contribution in [2.45, 2.75) is 17.9 Å². The molecule has 1 N–H and O–H groups in total. The van der Waals surface area contributed by atoms with E-state index in [1.165, 1.54) is 12.1 Å². The van der Waals surface area contributed by atoms with Crippen molar-refractivity contribution < 1.29 is 17.5 Å². The lowest BCUT2D eigenvalue weighted by atomic mass is 10.1. The molecule has 0 saturated heterocycles. The summed E-state index contributed by atoms with van der Waals surface area (Å²) in [5.41, 5.74) is 0.690. The minimum Gasteiger partial charge on any atom is -0.497 e. The third-order valence-electron chi connectivity index (χ3n) is 4.03. The van der Waals surface area contributed by atoms with E-state index in [0.717, 1.165) is 10.8 Å². The highest BCUT2D eigenvalue weighted by Gasteiger charge is 2.19. The van der Waals surface area contributed by atoms with Crippen molar-refractivity contribution in [3.63, 3.8) is 0 Å². The van der Waals surface area contributed by atoms with Crippen molar-refractivity contribution in [3.8, 4) is 5.75 Å². The Morgan fingerprint density at radius 2 is 1.60 bits per heavy atom. The van der Waals surface area contributed by atoms with Crippen LogP contribution in [0, 0.1) is 5.82 Å². The second kappa shape index (κ2) is 6.82. The highest BCUT2D eigenvalue weighted by atomic mass is 32.2. The van der Waals surface area contributed by atoms with Crippen LogP contribution in [0.15, 0.2) is 65.6 Å². The standard InChI is InChI=1S/C19H18FNO3S/c1-13(14-3-7-17(20)8-4-14)21-25(22,23)19-10-6-15-11-18(24-2)9-5-16(15)12-19/h3-13,21H,1-2H3/t13-/m0/s1. The summed E-state index contributed by atoms with van der Waals surface area (Å²) in [4.78, 5) is 0.180. The summed E-state index contributed by atoms with van der Waals surface area (Å²) in [5.74, 6) is 0.356. The molecule has 0 aliphatic carbocycles. The van der Waals surface area contributed by atoms with Gasteiger partial charge in [0.2, 0.25) is 10.0 Å². The van der Waals surface area contributed by atoms with Gasteiger partial charge in [0.25, 0.3) is 0 Å². The molecule has 1 atom stereocenters. The molecule has 0 aliphatic rings. The van der Waals surface area contributed by atoms with Crippen LogP contribution < -0.4 is 9.46 Å². The van der Waals surface area contributed by atoms with E-state index >= 15 is 0 Å². The van der Waals surface area contributed by atoms with Crippen LogP contribution in [-0.4, -0.2) is 15.5 Å². The van der Waals surface area contributed by atoms with Gasteiger partial charge in [-0.05, 0) is 59.7 Å². The molecule has 0 aromatic heterocycles. The molecule has 0 saturated carbocycles. The number of rotatable bonds is 5. The minimum atomic E-state index is -3.70. The Hall–Kier alpha value is -2.44. The Kier molecular flexibility index (Phi) is 4.74. The van der Waals surface area contributed by atoms with Gasteiger partial charge in [-0.15, -0.1) is 0 Å². The molecule has 130 valence electrons. The van der Waals surface area contributed by atoms with E-state index in [2.05, 4.69) is 4.72 Å². The Morgan fingerprint density at radius 3 is 2.28 bits per heavy atom. The molecule has 0 radical (unpaired) electrons. The molecule has 0 spiro atoms. The van der Waals surface area contributed by atoms with E-state index in [9.17, 15) is 12.8 Å². The van der Waals surface area contributed by atoms with E-state index in [-0.39, 0.29) is 10.7 Å². The number of hydrogen-bond donors (Lipinski definition) is 1. The first-order chi connectivity index (χ1) is 11.9. The molecule has 0 bridgehead atoms. The van der Waals surface area contributed by atoms with Crippen molar-refractivity contribution in [1.82, 2.24) is 4.72 Å². The lowest BCUT2D eigenvalue weighted by Crippen LogP contribution is -2.26. The first kappa shape index (κ1) is 17.4. The fourth-order valence-corrected chi connectivity index (χ4v) is 3.88. The highest BCUT2D eigenvalue weighted by molar-refractivity contribution is 7.89. The molecule has 0 heterocycles. The summed E-state index contributed by atoms with van der Waals surface area (Å²) in [6.07, 6.45) is 0. The minimum absolute atomic E-state index is 0.180. The first-order valence-electron chi connectivity index (χ1n) is 7.75. The lowest BCUT2D eigenvalue weighted by molar-refractivity contribution is 0.415. The van der Waals surface area contributed by atoms with Crippen LogP contribution in [0.5, 0.6) is 5.75 Å². The maximum Gasteiger partial charge on any atom is 0.241 e. The van der Waals surface area contributed by atoms with E-state index in [0.29, 0.717) is 11.3 Å². The molecule has 0 amide bonds. The molecule has 0 fully saturated rings. The quantitative estimate of drug-likeness (QED) is 0.748. The van der Waals surface area contributed by atoms with Crippen LogP contribution >= 0.6 is 0 Å². The van der Waals surface area contributed by atoms with Gasteiger partial charge in [0.05, 0.1) is 12.0 Å². The largest absolute Gasteiger partial charge is 0.497 e. The zero-order valence-electron chi connectivity index (χ0n) is 13.9. The number of hydrogen-bond acceptors (Lipinski definition) is 3. The summed E-state index contributed by atoms with van der Waals surface area (Å²) in [7, 11) is -2.12. The Balaban J connectivity index is 1.88. The van der Waals surface area contributed by atoms with E-state index < -0.39 is 16.1 Å². The topological polar surface area (TPSA) is 55.4 Å². The van der Waals surface area contributed by atoms with E-state index in [1.54, 1.807) is 50.4 Å². The number of methoxy groups -OCH3 is 1. The van der Waals surface area contributed by atoms with Crippen LogP contribution in [0.4, 0.5) is 4.39 Å². The maximum absolute atomic E-state index is 13.0. The van der Waals surface area contributed by atoms with Crippen LogP contribution in [0.3, 0.4) is 0 Å². The fourth-order valence-electron chi connectivity index (χ4n) is 2.62. The molecule has 0 aliphatic heterocycles. The van der Waals surface area contributed by atoms with Gasteiger partial charge in [0.15, 0.2) is 0 Å². The number of halogens is 1. The molecule has 6 heteroatoms. The van der Waals surface area contributed by atoms with Crippen molar-refractivity contribution >= 4 is 20.8 Å². The molecular formula is C19H18FNO3S. The number of nitrogens with one attached hydrogen (secondary N) is 1. The second-order valence-electron chi connectivity index (χ2n) is 5.77. The van der Waals surface area contributed by atoms with Gasteiger partial charge in [0, 0.05) is 6.04 Å². The molecule has 3 rings (SSSR count). The van der Waals surface area contributed by atoms with Crippen molar-refractivity contribution in [2.75, 3.05) is 7.11 Å². The highest BCUT2D eigenvalue weighted by Crippen LogP contribution is 2.24. The van der Waals surface area contributed by atoms with Gasteiger partial charge < -0.3 is 4.74 Å². The Morgan fingerprint density at radius 1 is 0.960 bits per heavy atom. The zero-order valence-corrected chi connectivity index (χ0v) is 14.7. The van der Waals surface area contributed by atoms with Crippen LogP contribution in [0.25, 0.3) is 10.8 Å². The average Bonchev–Trinajstić information content (AvgIpc) is 2.60. The summed E-state index contributed by atoms with van der Waals surface area (Å²) < 4.78 is 46.1. The first-order valence-corrected chi connectivity index (χ1v) is 9.23. The Bertz CT molecular complexity index is 1000. The van der Waals surface area contributed by atoms with Crippen LogP contribution in [-0.2, 0) is 10.0 Å². The van der Waals surface area contributed by atoms with Gasteiger partial charge in [-0.2, -0.15) is 0 Å². The monoisotopic (exact) mass is 359 g/mol. The SMILES string of the molecule is COc1ccc2cc(S(=O)(=O)N[C@@H](C)c3ccc(F)cc3)ccc2c1. The van der Waals surface area contributed by atoms with Crippen molar-refractivity contribution in [1.29, 1.82) is 0 Å². The normalized spacial score (nSPS) is 12.9. The maximum atomic E-state index is 13.0. The third kappa shape index (κ3) is 3.81. The summed E-state index contributed by atoms with van der Waals surface area (Å²) in [5, 5.41) is 1.70. The van der Waals surface area contributed by atoms with Gasteiger partial charge >= 0.3 is 0 Å². The number of fused-ring (bicyclic) bond motifs is 1. The molecule has 4 nitrogen and oxygen atoms in total. The predicted octanol–water partition coefficient (Wildman–Crippen LogP) is 4.03. The predicted molar refractivity (Wildman–Crippen MR) is 95.6 cm³/mol. The molecule has 25 heavy (non-hydrogen) atoms. The number of ether oxygens (including phenoxy) is 1. The van der Waals surface area contributed by atoms with Gasteiger partial charge in [-0.3, -0.25) is 0 Å². The molecular weight excluding hydrogens is 341 g/mol. The summed E-state index contributed by atoms with van der Waals surface area (Å²) >= 11 is 0. The fraction of sp³-hybridized carbons (Fsp3) is 0.158. The zero-order chi connectivity index (χ0) is 18.0. The van der Waals surface area contributed by atoms with Gasteiger partial charge in [0.1, 0.15) is 11.6 Å². The second-order valence-corrected chi connectivity index (χ2v) is 7.48. The van der Waals surface area contributed by atoms with Crippen LogP contribution in [0.1, 0.15) is 18.5 Å². The molecule has 0 unspecified atom stereocenters. The van der Waals surface area contributed by atoms with E-state index in [1.807, 2.05) is 12.1 Å². The Labute approximate surface area is 146 Å². The van der Waals surface area contributed by atoms with Crippen LogP contribution in [0.2, 0.25) is 0 Å². The van der Waals surface area contributed by atoms with Gasteiger partial charge in [-0.1, -0.05) is 24.3 Å².